The number of benzene rings is 1. The summed E-state index contributed by atoms with van der Waals surface area (Å²) in [4.78, 5) is 30.7. The minimum atomic E-state index is -0.507. The highest BCUT2D eigenvalue weighted by Crippen LogP contribution is 2.31. The van der Waals surface area contributed by atoms with Gasteiger partial charge in [-0.3, -0.25) is 0 Å². The van der Waals surface area contributed by atoms with Crippen LogP contribution in [0.5, 0.6) is 0 Å². The van der Waals surface area contributed by atoms with Gasteiger partial charge in [-0.15, -0.1) is 11.3 Å². The number of nitrogen functional groups attached to an aromatic ring is 1. The highest BCUT2D eigenvalue weighted by atomic mass is 32.1. The maximum Gasteiger partial charge on any atom is 0.410 e. The van der Waals surface area contributed by atoms with Gasteiger partial charge >= 0.3 is 6.09 Å². The molecule has 1 aromatic carbocycles. The van der Waals surface area contributed by atoms with Gasteiger partial charge in [0.1, 0.15) is 23.4 Å². The van der Waals surface area contributed by atoms with E-state index in [0.29, 0.717) is 24.0 Å². The molecule has 0 atom stereocenters. The number of amides is 1. The van der Waals surface area contributed by atoms with E-state index in [0.717, 1.165) is 45.7 Å². The van der Waals surface area contributed by atoms with Gasteiger partial charge in [-0.05, 0) is 51.0 Å². The lowest BCUT2D eigenvalue weighted by molar-refractivity contribution is 0.0270. The topological polar surface area (TPSA) is 122 Å². The fraction of sp³-hybridized carbons (Fsp3) is 0.280. The average Bonchev–Trinajstić information content (AvgIpc) is 3.45. The number of fused-ring (bicyclic) bond motifs is 1. The number of carbonyl (C=O) groups is 1. The fourth-order valence-electron chi connectivity index (χ4n) is 3.93. The maximum absolute atomic E-state index is 12.4. The standard InChI is InChI=1S/C25H27N7O2S/c1-25(2,3)34-24(33)32-9-7-15(8-10-32)19-12-18-21(27-14-28-22(18)30-19)29-17-6-4-5-16(11-17)20-13-35-23(26)31-20/h4-7,11-14H,8-10H2,1-3H3,(H2,26,31)(H2,27,28,29,30). The predicted molar refractivity (Wildman–Crippen MR) is 140 cm³/mol. The molecule has 0 bridgehead atoms. The van der Waals surface area contributed by atoms with E-state index in [1.54, 1.807) is 4.90 Å². The van der Waals surface area contributed by atoms with E-state index < -0.39 is 5.60 Å². The van der Waals surface area contributed by atoms with Crippen molar-refractivity contribution in [2.75, 3.05) is 24.1 Å². The second-order valence-electron chi connectivity index (χ2n) is 9.35. The Morgan fingerprint density at radius 3 is 2.83 bits per heavy atom. The van der Waals surface area contributed by atoms with Crippen LogP contribution in [-0.2, 0) is 4.74 Å². The summed E-state index contributed by atoms with van der Waals surface area (Å²) >= 11 is 1.42. The van der Waals surface area contributed by atoms with Crippen LogP contribution in [0.15, 0.2) is 48.1 Å². The van der Waals surface area contributed by atoms with E-state index in [1.165, 1.54) is 17.7 Å². The zero-order valence-corrected chi connectivity index (χ0v) is 20.6. The number of carbonyl (C=O) groups excluding carboxylic acids is 1. The van der Waals surface area contributed by atoms with Crippen LogP contribution in [0.1, 0.15) is 32.9 Å². The summed E-state index contributed by atoms with van der Waals surface area (Å²) in [5, 5.41) is 6.78. The minimum Gasteiger partial charge on any atom is -0.444 e. The van der Waals surface area contributed by atoms with Crippen LogP contribution in [0, 0.1) is 0 Å². The molecule has 10 heteroatoms. The number of H-pyrrole nitrogens is 1. The van der Waals surface area contributed by atoms with Crippen LogP contribution in [0.3, 0.4) is 0 Å². The molecule has 1 aliphatic rings. The molecule has 1 amide bonds. The first kappa shape index (κ1) is 22.9. The number of ether oxygens (including phenoxy) is 1. The maximum atomic E-state index is 12.4. The number of rotatable bonds is 4. The van der Waals surface area contributed by atoms with Crippen molar-refractivity contribution in [1.82, 2.24) is 24.8 Å². The molecule has 0 unspecified atom stereocenters. The SMILES string of the molecule is CC(C)(C)OC(=O)N1CC=C(c2cc3c(Nc4cccc(-c5csc(N)n5)c4)ncnc3[nH]2)CC1. The van der Waals surface area contributed by atoms with Gasteiger partial charge in [0, 0.05) is 35.4 Å². The van der Waals surface area contributed by atoms with Crippen LogP contribution in [0.25, 0.3) is 27.9 Å². The summed E-state index contributed by atoms with van der Waals surface area (Å²) in [5.74, 6) is 0.708. The summed E-state index contributed by atoms with van der Waals surface area (Å²) in [6.45, 7) is 6.72. The molecule has 0 radical (unpaired) electrons. The number of aromatic amines is 1. The van der Waals surface area contributed by atoms with E-state index >= 15 is 0 Å². The van der Waals surface area contributed by atoms with Crippen molar-refractivity contribution in [2.24, 2.45) is 0 Å². The van der Waals surface area contributed by atoms with E-state index in [9.17, 15) is 4.79 Å². The van der Waals surface area contributed by atoms with Crippen molar-refractivity contribution >= 4 is 50.7 Å². The molecule has 4 N–H and O–H groups in total. The molecule has 0 spiro atoms. The Bertz CT molecular complexity index is 1420. The molecule has 3 aromatic heterocycles. The van der Waals surface area contributed by atoms with Gasteiger partial charge in [-0.1, -0.05) is 18.2 Å². The van der Waals surface area contributed by atoms with Crippen molar-refractivity contribution in [2.45, 2.75) is 32.8 Å². The summed E-state index contributed by atoms with van der Waals surface area (Å²) in [5.41, 5.74) is 10.9. The Hall–Kier alpha value is -3.92. The number of nitrogens with one attached hydrogen (secondary N) is 2. The second kappa shape index (κ2) is 9.03. The third-order valence-corrected chi connectivity index (χ3v) is 6.25. The van der Waals surface area contributed by atoms with E-state index in [2.05, 4.69) is 37.4 Å². The smallest absolute Gasteiger partial charge is 0.410 e. The monoisotopic (exact) mass is 489 g/mol. The molecule has 4 aromatic rings. The van der Waals surface area contributed by atoms with Crippen molar-refractivity contribution < 1.29 is 9.53 Å². The number of hydrogen-bond acceptors (Lipinski definition) is 8. The normalized spacial score (nSPS) is 14.1. The number of anilines is 3. The molecule has 0 aliphatic carbocycles. The first-order valence-corrected chi connectivity index (χ1v) is 12.2. The average molecular weight is 490 g/mol. The largest absolute Gasteiger partial charge is 0.444 e. The lowest BCUT2D eigenvalue weighted by Crippen LogP contribution is -2.39. The highest BCUT2D eigenvalue weighted by molar-refractivity contribution is 7.13. The van der Waals surface area contributed by atoms with Crippen molar-refractivity contribution in [3.8, 4) is 11.3 Å². The van der Waals surface area contributed by atoms with Crippen LogP contribution >= 0.6 is 11.3 Å². The van der Waals surface area contributed by atoms with E-state index in [1.807, 2.05) is 50.4 Å². The number of nitrogens with two attached hydrogens (primary N) is 1. The Kier molecular flexibility index (Phi) is 5.89. The summed E-state index contributed by atoms with van der Waals surface area (Å²) in [6, 6.07) is 10.0. The van der Waals surface area contributed by atoms with Crippen LogP contribution in [0.2, 0.25) is 0 Å². The van der Waals surface area contributed by atoms with Gasteiger partial charge in [-0.25, -0.2) is 19.7 Å². The lowest BCUT2D eigenvalue weighted by atomic mass is 10.1. The molecule has 0 saturated heterocycles. The molecular weight excluding hydrogens is 462 g/mol. The molecule has 1 aliphatic heterocycles. The number of hydrogen-bond donors (Lipinski definition) is 3. The Balaban J connectivity index is 1.36. The zero-order chi connectivity index (χ0) is 24.6. The molecule has 0 saturated carbocycles. The van der Waals surface area contributed by atoms with Gasteiger partial charge in [0.2, 0.25) is 0 Å². The Morgan fingerprint density at radius 1 is 1.26 bits per heavy atom. The van der Waals surface area contributed by atoms with Crippen LogP contribution in [-0.4, -0.2) is 49.6 Å². The predicted octanol–water partition coefficient (Wildman–Crippen LogP) is 5.43. The van der Waals surface area contributed by atoms with Gasteiger partial charge < -0.3 is 25.7 Å². The number of thiazole rings is 1. The van der Waals surface area contributed by atoms with Crippen LogP contribution < -0.4 is 11.1 Å². The molecule has 4 heterocycles. The van der Waals surface area contributed by atoms with Gasteiger partial charge in [0.05, 0.1) is 11.1 Å². The first-order valence-electron chi connectivity index (χ1n) is 11.3. The second-order valence-corrected chi connectivity index (χ2v) is 10.2. The third-order valence-electron chi connectivity index (χ3n) is 5.58. The number of nitrogens with zero attached hydrogens (tertiary/aromatic N) is 4. The summed E-state index contributed by atoms with van der Waals surface area (Å²) in [7, 11) is 0. The molecule has 0 fully saturated rings. The van der Waals surface area contributed by atoms with Crippen LogP contribution in [0.4, 0.5) is 21.4 Å². The van der Waals surface area contributed by atoms with Gasteiger partial charge in [0.15, 0.2) is 5.13 Å². The van der Waals surface area contributed by atoms with Gasteiger partial charge in [0.25, 0.3) is 0 Å². The molecule has 35 heavy (non-hydrogen) atoms. The van der Waals surface area contributed by atoms with Gasteiger partial charge in [-0.2, -0.15) is 0 Å². The van der Waals surface area contributed by atoms with Crippen molar-refractivity contribution in [3.63, 3.8) is 0 Å². The molecule has 180 valence electrons. The zero-order valence-electron chi connectivity index (χ0n) is 19.8. The van der Waals surface area contributed by atoms with E-state index in [4.69, 9.17) is 10.5 Å². The molecule has 5 rings (SSSR count). The van der Waals surface area contributed by atoms with Crippen molar-refractivity contribution in [3.05, 3.63) is 53.8 Å². The minimum absolute atomic E-state index is 0.288. The third kappa shape index (κ3) is 5.12. The quantitative estimate of drug-likeness (QED) is 0.349. The fourth-order valence-corrected chi connectivity index (χ4v) is 4.50. The highest BCUT2D eigenvalue weighted by Gasteiger charge is 2.24. The lowest BCUT2D eigenvalue weighted by Gasteiger charge is -2.29. The Labute approximate surface area is 207 Å². The summed E-state index contributed by atoms with van der Waals surface area (Å²) < 4.78 is 5.49. The summed E-state index contributed by atoms with van der Waals surface area (Å²) in [6.07, 6.45) is 4.03. The molecule has 9 nitrogen and oxygen atoms in total. The molecular formula is C25H27N7O2S. The Morgan fingerprint density at radius 2 is 2.11 bits per heavy atom. The first-order chi connectivity index (χ1) is 16.7. The van der Waals surface area contributed by atoms with Crippen molar-refractivity contribution in [1.29, 1.82) is 0 Å². The number of aromatic nitrogens is 4. The van der Waals surface area contributed by atoms with E-state index in [-0.39, 0.29) is 6.09 Å².